The molecule has 0 aromatic heterocycles. The third-order valence-corrected chi connectivity index (χ3v) is 3.68. The summed E-state index contributed by atoms with van der Waals surface area (Å²) in [5.74, 6) is -0.348. The highest BCUT2D eigenvalue weighted by atomic mass is 35.5. The minimum absolute atomic E-state index is 0.216. The number of amides is 1. The van der Waals surface area contributed by atoms with Gasteiger partial charge in [-0.25, -0.2) is 8.42 Å². The second-order valence-electron chi connectivity index (χ2n) is 4.28. The number of alkyl halides is 1. The van der Waals surface area contributed by atoms with Crippen LogP contribution in [-0.4, -0.2) is 43.0 Å². The van der Waals surface area contributed by atoms with E-state index < -0.39 is 15.2 Å². The zero-order valence-electron chi connectivity index (χ0n) is 9.37. The van der Waals surface area contributed by atoms with Crippen molar-refractivity contribution in [1.82, 2.24) is 9.62 Å². The summed E-state index contributed by atoms with van der Waals surface area (Å²) in [6, 6.07) is 0. The molecule has 0 aliphatic heterocycles. The van der Waals surface area contributed by atoms with E-state index in [0.29, 0.717) is 0 Å². The van der Waals surface area contributed by atoms with Crippen LogP contribution in [0.5, 0.6) is 0 Å². The Morgan fingerprint density at radius 2 is 1.87 bits per heavy atom. The van der Waals surface area contributed by atoms with Crippen molar-refractivity contribution >= 4 is 27.5 Å². The van der Waals surface area contributed by atoms with Crippen LogP contribution in [0.2, 0.25) is 0 Å². The molecule has 90 valence electrons. The van der Waals surface area contributed by atoms with Crippen LogP contribution < -0.4 is 5.32 Å². The lowest BCUT2D eigenvalue weighted by molar-refractivity contribution is -0.122. The average Bonchev–Trinajstić information content (AvgIpc) is 2.00. The standard InChI is InChI=1S/C8H17ClN2O3S/c1-8(2,3)10-7(12)5-11(4)15(13,14)6-9/h5-6H2,1-4H3,(H,10,12). The van der Waals surface area contributed by atoms with Crippen LogP contribution in [0.4, 0.5) is 0 Å². The van der Waals surface area contributed by atoms with E-state index in [0.717, 1.165) is 4.31 Å². The first-order chi connectivity index (χ1) is 6.58. The number of carbonyl (C=O) groups is 1. The molecule has 5 nitrogen and oxygen atoms in total. The van der Waals surface area contributed by atoms with E-state index in [9.17, 15) is 13.2 Å². The monoisotopic (exact) mass is 256 g/mol. The van der Waals surface area contributed by atoms with Gasteiger partial charge in [0.25, 0.3) is 0 Å². The number of likely N-dealkylation sites (N-methyl/N-ethyl adjacent to an activating group) is 1. The molecule has 1 N–H and O–H groups in total. The molecular weight excluding hydrogens is 240 g/mol. The van der Waals surface area contributed by atoms with E-state index >= 15 is 0 Å². The first kappa shape index (κ1) is 14.7. The van der Waals surface area contributed by atoms with Crippen LogP contribution in [0, 0.1) is 0 Å². The van der Waals surface area contributed by atoms with E-state index in [1.165, 1.54) is 7.05 Å². The maximum Gasteiger partial charge on any atom is 0.235 e. The van der Waals surface area contributed by atoms with E-state index in [4.69, 9.17) is 11.6 Å². The predicted octanol–water partition coefficient (Wildman–Crippen LogP) is 0.359. The van der Waals surface area contributed by atoms with Gasteiger partial charge in [-0.3, -0.25) is 4.79 Å². The zero-order valence-corrected chi connectivity index (χ0v) is 10.9. The molecule has 0 fully saturated rings. The summed E-state index contributed by atoms with van der Waals surface area (Å²) in [6.07, 6.45) is 0. The van der Waals surface area contributed by atoms with Gasteiger partial charge < -0.3 is 5.32 Å². The van der Waals surface area contributed by atoms with Crippen molar-refractivity contribution in [1.29, 1.82) is 0 Å². The van der Waals surface area contributed by atoms with Gasteiger partial charge in [0.05, 0.1) is 6.54 Å². The van der Waals surface area contributed by atoms with Crippen LogP contribution in [0.25, 0.3) is 0 Å². The quantitative estimate of drug-likeness (QED) is 0.739. The molecule has 0 aliphatic carbocycles. The van der Waals surface area contributed by atoms with Crippen LogP contribution in [0.1, 0.15) is 20.8 Å². The molecule has 0 bridgehead atoms. The topological polar surface area (TPSA) is 66.5 Å². The Morgan fingerprint density at radius 1 is 1.40 bits per heavy atom. The van der Waals surface area contributed by atoms with Gasteiger partial charge in [0, 0.05) is 12.6 Å². The van der Waals surface area contributed by atoms with Gasteiger partial charge in [0.15, 0.2) is 0 Å². The van der Waals surface area contributed by atoms with Gasteiger partial charge in [-0.2, -0.15) is 4.31 Å². The lowest BCUT2D eigenvalue weighted by Crippen LogP contribution is -2.46. The largest absolute Gasteiger partial charge is 0.350 e. The third kappa shape index (κ3) is 5.96. The number of rotatable bonds is 4. The van der Waals surface area contributed by atoms with Crippen molar-refractivity contribution in [3.8, 4) is 0 Å². The summed E-state index contributed by atoms with van der Waals surface area (Å²) in [7, 11) is -2.19. The Balaban J connectivity index is 4.33. The highest BCUT2D eigenvalue weighted by Gasteiger charge is 2.21. The van der Waals surface area contributed by atoms with Crippen molar-refractivity contribution in [2.75, 3.05) is 18.8 Å². The van der Waals surface area contributed by atoms with Crippen molar-refractivity contribution in [3.05, 3.63) is 0 Å². The summed E-state index contributed by atoms with van der Waals surface area (Å²) >= 11 is 5.24. The van der Waals surface area contributed by atoms with Gasteiger partial charge in [-0.05, 0) is 20.8 Å². The number of carbonyl (C=O) groups excluding carboxylic acids is 1. The smallest absolute Gasteiger partial charge is 0.235 e. The fourth-order valence-corrected chi connectivity index (χ4v) is 1.82. The van der Waals surface area contributed by atoms with Crippen molar-refractivity contribution in [3.63, 3.8) is 0 Å². The first-order valence-electron chi connectivity index (χ1n) is 4.39. The van der Waals surface area contributed by atoms with E-state index in [-0.39, 0.29) is 18.0 Å². The molecule has 0 atom stereocenters. The van der Waals surface area contributed by atoms with Crippen molar-refractivity contribution in [2.24, 2.45) is 0 Å². The maximum atomic E-state index is 11.4. The highest BCUT2D eigenvalue weighted by molar-refractivity contribution is 7.90. The molecule has 0 saturated heterocycles. The number of hydrogen-bond donors (Lipinski definition) is 1. The predicted molar refractivity (Wildman–Crippen MR) is 60.2 cm³/mol. The molecule has 0 aliphatic rings. The fourth-order valence-electron chi connectivity index (χ4n) is 0.842. The molecule has 1 amide bonds. The van der Waals surface area contributed by atoms with Gasteiger partial charge in [-0.15, -0.1) is 11.6 Å². The van der Waals surface area contributed by atoms with Crippen LogP contribution in [0.15, 0.2) is 0 Å². The molecule has 0 heterocycles. The zero-order chi connectivity index (χ0) is 12.3. The Labute approximate surface area is 95.8 Å². The summed E-state index contributed by atoms with van der Waals surface area (Å²) in [6.45, 7) is 5.25. The highest BCUT2D eigenvalue weighted by Crippen LogP contribution is 2.02. The molecular formula is C8H17ClN2O3S. The number of halogens is 1. The molecule has 0 rings (SSSR count). The van der Waals surface area contributed by atoms with Crippen molar-refractivity contribution < 1.29 is 13.2 Å². The van der Waals surface area contributed by atoms with Gasteiger partial charge in [0.2, 0.25) is 15.9 Å². The Hall–Kier alpha value is -0.330. The molecule has 0 aromatic rings. The molecule has 0 saturated carbocycles. The molecule has 0 spiro atoms. The van der Waals surface area contributed by atoms with Crippen LogP contribution >= 0.6 is 11.6 Å². The Bertz CT molecular complexity index is 321. The van der Waals surface area contributed by atoms with Gasteiger partial charge in [0.1, 0.15) is 5.21 Å². The van der Waals surface area contributed by atoms with E-state index in [1.54, 1.807) is 0 Å². The molecule has 7 heteroatoms. The summed E-state index contributed by atoms with van der Waals surface area (Å²) in [5, 5.41) is 2.14. The number of nitrogens with one attached hydrogen (secondary N) is 1. The lowest BCUT2D eigenvalue weighted by atomic mass is 10.1. The maximum absolute atomic E-state index is 11.4. The number of hydrogen-bond acceptors (Lipinski definition) is 3. The lowest BCUT2D eigenvalue weighted by Gasteiger charge is -2.22. The average molecular weight is 257 g/mol. The first-order valence-corrected chi connectivity index (χ1v) is 6.54. The summed E-state index contributed by atoms with van der Waals surface area (Å²) in [5.41, 5.74) is -0.372. The summed E-state index contributed by atoms with van der Waals surface area (Å²) < 4.78 is 23.4. The van der Waals surface area contributed by atoms with Gasteiger partial charge >= 0.3 is 0 Å². The van der Waals surface area contributed by atoms with Crippen molar-refractivity contribution in [2.45, 2.75) is 26.3 Å². The van der Waals surface area contributed by atoms with Crippen LogP contribution in [0.3, 0.4) is 0 Å². The fraction of sp³-hybridized carbons (Fsp3) is 0.875. The van der Waals surface area contributed by atoms with E-state index in [2.05, 4.69) is 5.32 Å². The molecule has 0 radical (unpaired) electrons. The molecule has 0 aromatic carbocycles. The minimum Gasteiger partial charge on any atom is -0.350 e. The molecule has 0 unspecified atom stereocenters. The third-order valence-electron chi connectivity index (χ3n) is 1.49. The van der Waals surface area contributed by atoms with Gasteiger partial charge in [-0.1, -0.05) is 0 Å². The SMILES string of the molecule is CN(CC(=O)NC(C)(C)C)S(=O)(=O)CCl. The second kappa shape index (κ2) is 5.14. The summed E-state index contributed by atoms with van der Waals surface area (Å²) in [4.78, 5) is 11.4. The molecule has 15 heavy (non-hydrogen) atoms. The van der Waals surface area contributed by atoms with Crippen LogP contribution in [-0.2, 0) is 14.8 Å². The second-order valence-corrected chi connectivity index (χ2v) is 6.94. The normalized spacial score (nSPS) is 12.9. The number of nitrogens with zero attached hydrogens (tertiary/aromatic N) is 1. The Kier molecular flexibility index (Phi) is 5.02. The van der Waals surface area contributed by atoms with E-state index in [1.807, 2.05) is 20.8 Å². The minimum atomic E-state index is -3.51. The Morgan fingerprint density at radius 3 is 2.20 bits per heavy atom. The number of sulfonamides is 1.